The molecular formula is C14H19N3O5S. The van der Waals surface area contributed by atoms with Gasteiger partial charge in [0.15, 0.2) is 0 Å². The fourth-order valence-electron chi connectivity index (χ4n) is 3.09. The molecule has 23 heavy (non-hydrogen) atoms. The van der Waals surface area contributed by atoms with Gasteiger partial charge in [0.1, 0.15) is 0 Å². The summed E-state index contributed by atoms with van der Waals surface area (Å²) in [4.78, 5) is 10.2. The molecule has 0 bridgehead atoms. The van der Waals surface area contributed by atoms with E-state index in [1.54, 1.807) is 0 Å². The van der Waals surface area contributed by atoms with Crippen LogP contribution in [-0.2, 0) is 14.8 Å². The van der Waals surface area contributed by atoms with E-state index in [0.29, 0.717) is 19.7 Å². The van der Waals surface area contributed by atoms with E-state index in [1.165, 1.54) is 28.6 Å². The van der Waals surface area contributed by atoms with Gasteiger partial charge >= 0.3 is 0 Å². The fourth-order valence-corrected chi connectivity index (χ4v) is 4.59. The molecule has 1 spiro atoms. The van der Waals surface area contributed by atoms with Crippen molar-refractivity contribution in [2.24, 2.45) is 0 Å². The van der Waals surface area contributed by atoms with Crippen LogP contribution in [0.1, 0.15) is 12.8 Å². The summed E-state index contributed by atoms with van der Waals surface area (Å²) in [6.45, 7) is 2.62. The van der Waals surface area contributed by atoms with Gasteiger partial charge in [-0.1, -0.05) is 0 Å². The van der Waals surface area contributed by atoms with Crippen LogP contribution in [0.4, 0.5) is 5.69 Å². The molecule has 2 aliphatic rings. The van der Waals surface area contributed by atoms with E-state index in [9.17, 15) is 18.5 Å². The van der Waals surface area contributed by atoms with Gasteiger partial charge < -0.3 is 10.1 Å². The van der Waals surface area contributed by atoms with Gasteiger partial charge in [-0.05, 0) is 38.1 Å². The molecule has 2 aliphatic heterocycles. The fraction of sp³-hybridized carbons (Fsp3) is 0.571. The number of nitrogens with zero attached hydrogens (tertiary/aromatic N) is 2. The third kappa shape index (κ3) is 3.23. The molecule has 0 saturated carbocycles. The Kier molecular flexibility index (Phi) is 4.37. The number of non-ortho nitro benzene ring substituents is 1. The summed E-state index contributed by atoms with van der Waals surface area (Å²) in [6, 6.07) is 5.01. The lowest BCUT2D eigenvalue weighted by Crippen LogP contribution is -2.57. The molecule has 0 unspecified atom stereocenters. The molecule has 2 heterocycles. The molecular weight excluding hydrogens is 322 g/mol. The summed E-state index contributed by atoms with van der Waals surface area (Å²) in [5.41, 5.74) is -0.544. The van der Waals surface area contributed by atoms with E-state index < -0.39 is 20.5 Å². The van der Waals surface area contributed by atoms with Crippen molar-refractivity contribution in [3.8, 4) is 0 Å². The monoisotopic (exact) mass is 341 g/mol. The number of benzene rings is 1. The Morgan fingerprint density at radius 1 is 1.22 bits per heavy atom. The number of morpholine rings is 1. The van der Waals surface area contributed by atoms with Gasteiger partial charge in [0, 0.05) is 25.2 Å². The van der Waals surface area contributed by atoms with E-state index in [1.807, 2.05) is 0 Å². The normalized spacial score (nSPS) is 22.1. The summed E-state index contributed by atoms with van der Waals surface area (Å²) < 4.78 is 32.9. The Bertz CT molecular complexity index is 677. The third-order valence-corrected chi connectivity index (χ3v) is 6.27. The van der Waals surface area contributed by atoms with Crippen LogP contribution in [0.3, 0.4) is 0 Å². The van der Waals surface area contributed by atoms with Crippen LogP contribution in [0, 0.1) is 10.1 Å². The van der Waals surface area contributed by atoms with Crippen LogP contribution in [0.2, 0.25) is 0 Å². The van der Waals surface area contributed by atoms with Gasteiger partial charge in [-0.15, -0.1) is 0 Å². The topological polar surface area (TPSA) is 102 Å². The molecule has 2 fully saturated rings. The molecule has 0 atom stereocenters. The number of nitrogens with one attached hydrogen (secondary N) is 1. The van der Waals surface area contributed by atoms with E-state index in [-0.39, 0.29) is 10.6 Å². The molecule has 0 aromatic heterocycles. The molecule has 1 N–H and O–H groups in total. The van der Waals surface area contributed by atoms with Crippen LogP contribution in [-0.4, -0.2) is 56.0 Å². The second kappa shape index (κ2) is 6.16. The van der Waals surface area contributed by atoms with Crippen molar-refractivity contribution in [3.63, 3.8) is 0 Å². The predicted octanol–water partition coefficient (Wildman–Crippen LogP) is 0.738. The molecule has 8 nitrogen and oxygen atoms in total. The average molecular weight is 341 g/mol. The third-order valence-electron chi connectivity index (χ3n) is 4.41. The van der Waals surface area contributed by atoms with Crippen LogP contribution in [0.5, 0.6) is 0 Å². The van der Waals surface area contributed by atoms with Gasteiger partial charge in [0.2, 0.25) is 10.0 Å². The highest BCUT2D eigenvalue weighted by Crippen LogP contribution is 2.30. The second-order valence-corrected chi connectivity index (χ2v) is 7.81. The maximum Gasteiger partial charge on any atom is 0.269 e. The Morgan fingerprint density at radius 2 is 1.87 bits per heavy atom. The predicted molar refractivity (Wildman–Crippen MR) is 82.6 cm³/mol. The lowest BCUT2D eigenvalue weighted by Gasteiger charge is -2.44. The molecule has 126 valence electrons. The molecule has 0 radical (unpaired) electrons. The Labute approximate surface area is 134 Å². The highest BCUT2D eigenvalue weighted by Gasteiger charge is 2.41. The standard InChI is InChI=1S/C14H19N3O5S/c18-17(19)12-1-3-13(4-2-12)23(20,21)16-9-10-22-14(11-16)5-7-15-8-6-14/h1-4,15H,5-11H2. The number of hydrogen-bond acceptors (Lipinski definition) is 6. The number of rotatable bonds is 3. The lowest BCUT2D eigenvalue weighted by atomic mass is 9.91. The molecule has 0 aliphatic carbocycles. The molecule has 2 saturated heterocycles. The first kappa shape index (κ1) is 16.3. The van der Waals surface area contributed by atoms with Crippen molar-refractivity contribution >= 4 is 15.7 Å². The van der Waals surface area contributed by atoms with Crippen molar-refractivity contribution in [2.75, 3.05) is 32.8 Å². The minimum atomic E-state index is -3.67. The number of nitro groups is 1. The highest BCUT2D eigenvalue weighted by atomic mass is 32.2. The van der Waals surface area contributed by atoms with Gasteiger partial charge in [-0.3, -0.25) is 10.1 Å². The second-order valence-electron chi connectivity index (χ2n) is 5.87. The maximum atomic E-state index is 12.8. The van der Waals surface area contributed by atoms with Crippen molar-refractivity contribution in [2.45, 2.75) is 23.3 Å². The highest BCUT2D eigenvalue weighted by molar-refractivity contribution is 7.89. The summed E-state index contributed by atoms with van der Waals surface area (Å²) in [5, 5.41) is 13.9. The Hall–Kier alpha value is -1.55. The number of sulfonamides is 1. The first-order valence-electron chi connectivity index (χ1n) is 7.52. The summed E-state index contributed by atoms with van der Waals surface area (Å²) in [6.07, 6.45) is 1.55. The number of hydrogen-bond donors (Lipinski definition) is 1. The zero-order valence-electron chi connectivity index (χ0n) is 12.6. The molecule has 9 heteroatoms. The van der Waals surface area contributed by atoms with Gasteiger partial charge in [0.25, 0.3) is 5.69 Å². The van der Waals surface area contributed by atoms with Crippen LogP contribution >= 0.6 is 0 Å². The van der Waals surface area contributed by atoms with Crippen molar-refractivity contribution < 1.29 is 18.1 Å². The minimum Gasteiger partial charge on any atom is -0.372 e. The summed E-state index contributed by atoms with van der Waals surface area (Å²) in [5.74, 6) is 0. The van der Waals surface area contributed by atoms with Crippen LogP contribution in [0.15, 0.2) is 29.2 Å². The van der Waals surface area contributed by atoms with E-state index in [2.05, 4.69) is 5.32 Å². The van der Waals surface area contributed by atoms with E-state index in [0.717, 1.165) is 25.9 Å². The van der Waals surface area contributed by atoms with Crippen molar-refractivity contribution in [3.05, 3.63) is 34.4 Å². The van der Waals surface area contributed by atoms with Crippen LogP contribution in [0.25, 0.3) is 0 Å². The largest absolute Gasteiger partial charge is 0.372 e. The van der Waals surface area contributed by atoms with Crippen molar-refractivity contribution in [1.29, 1.82) is 0 Å². The molecule has 1 aromatic rings. The Balaban J connectivity index is 1.82. The number of ether oxygens (including phenoxy) is 1. The minimum absolute atomic E-state index is 0.0779. The molecule has 0 amide bonds. The first-order valence-corrected chi connectivity index (χ1v) is 8.96. The van der Waals surface area contributed by atoms with Gasteiger partial charge in [-0.2, -0.15) is 4.31 Å². The number of piperidine rings is 1. The van der Waals surface area contributed by atoms with Crippen molar-refractivity contribution in [1.82, 2.24) is 9.62 Å². The average Bonchev–Trinajstić information content (AvgIpc) is 2.55. The first-order chi connectivity index (χ1) is 10.9. The maximum absolute atomic E-state index is 12.8. The Morgan fingerprint density at radius 3 is 2.48 bits per heavy atom. The van der Waals surface area contributed by atoms with Gasteiger partial charge in [0.05, 0.1) is 22.0 Å². The summed E-state index contributed by atoms with van der Waals surface area (Å²) >= 11 is 0. The smallest absolute Gasteiger partial charge is 0.269 e. The zero-order chi connectivity index (χ0) is 16.5. The summed E-state index contributed by atoms with van der Waals surface area (Å²) in [7, 11) is -3.67. The van der Waals surface area contributed by atoms with E-state index >= 15 is 0 Å². The number of nitro benzene ring substituents is 1. The van der Waals surface area contributed by atoms with Crippen LogP contribution < -0.4 is 5.32 Å². The lowest BCUT2D eigenvalue weighted by molar-refractivity contribution is -0.384. The van der Waals surface area contributed by atoms with E-state index in [4.69, 9.17) is 4.74 Å². The molecule has 3 rings (SSSR count). The quantitative estimate of drug-likeness (QED) is 0.643. The molecule has 1 aromatic carbocycles. The SMILES string of the molecule is O=[N+]([O-])c1ccc(S(=O)(=O)N2CCOC3(CCNCC3)C2)cc1. The zero-order valence-corrected chi connectivity index (χ0v) is 13.4. The van der Waals surface area contributed by atoms with Gasteiger partial charge in [-0.25, -0.2) is 8.42 Å².